The highest BCUT2D eigenvalue weighted by Crippen LogP contribution is 2.25. The smallest absolute Gasteiger partial charge is 0.0672 e. The Morgan fingerprint density at radius 1 is 1.35 bits per heavy atom. The van der Waals surface area contributed by atoms with E-state index in [4.69, 9.17) is 23.2 Å². The topological polar surface area (TPSA) is 32.3 Å². The lowest BCUT2D eigenvalue weighted by Crippen LogP contribution is -2.32. The number of nitrogens with one attached hydrogen (secondary N) is 1. The van der Waals surface area contributed by atoms with E-state index in [0.29, 0.717) is 22.9 Å². The molecule has 1 unspecified atom stereocenters. The van der Waals surface area contributed by atoms with Crippen LogP contribution in [0.5, 0.6) is 0 Å². The first-order valence-corrected chi connectivity index (χ1v) is 6.57. The number of hydrogen-bond donors (Lipinski definition) is 2. The Balaban J connectivity index is 2.65. The van der Waals surface area contributed by atoms with Gasteiger partial charge in [-0.05, 0) is 50.2 Å². The van der Waals surface area contributed by atoms with E-state index in [1.165, 1.54) is 0 Å². The predicted octanol–water partition coefficient (Wildman–Crippen LogP) is 3.29. The molecule has 0 radical (unpaired) electrons. The van der Waals surface area contributed by atoms with E-state index in [-0.39, 0.29) is 0 Å². The average molecular weight is 276 g/mol. The number of rotatable bonds is 6. The molecular formula is C13H19Cl2NO. The molecule has 0 aromatic heterocycles. The Kier molecular flexibility index (Phi) is 5.74. The molecule has 1 atom stereocenters. The van der Waals surface area contributed by atoms with Gasteiger partial charge in [-0.25, -0.2) is 0 Å². The molecule has 17 heavy (non-hydrogen) atoms. The zero-order valence-corrected chi connectivity index (χ0v) is 11.8. The number of hydrogen-bond acceptors (Lipinski definition) is 2. The molecule has 0 amide bonds. The van der Waals surface area contributed by atoms with Crippen molar-refractivity contribution in [2.75, 3.05) is 13.1 Å². The molecule has 0 saturated heterocycles. The van der Waals surface area contributed by atoms with E-state index in [2.05, 4.69) is 5.32 Å². The Morgan fingerprint density at radius 3 is 2.71 bits per heavy atom. The lowest BCUT2D eigenvalue weighted by Gasteiger charge is -2.24. The number of benzene rings is 1. The lowest BCUT2D eigenvalue weighted by atomic mass is 9.93. The van der Waals surface area contributed by atoms with E-state index >= 15 is 0 Å². The monoisotopic (exact) mass is 275 g/mol. The minimum Gasteiger partial charge on any atom is -0.390 e. The highest BCUT2D eigenvalue weighted by atomic mass is 35.5. The van der Waals surface area contributed by atoms with Crippen molar-refractivity contribution >= 4 is 23.2 Å². The van der Waals surface area contributed by atoms with Crippen LogP contribution in [0.2, 0.25) is 10.0 Å². The molecule has 1 aromatic carbocycles. The van der Waals surface area contributed by atoms with E-state index < -0.39 is 5.60 Å². The van der Waals surface area contributed by atoms with Gasteiger partial charge in [0, 0.05) is 16.5 Å². The van der Waals surface area contributed by atoms with Crippen molar-refractivity contribution in [1.82, 2.24) is 5.32 Å². The Morgan fingerprint density at radius 2 is 2.06 bits per heavy atom. The molecule has 0 aliphatic carbocycles. The molecule has 0 aliphatic rings. The molecule has 0 fully saturated rings. The summed E-state index contributed by atoms with van der Waals surface area (Å²) in [6.07, 6.45) is 1.20. The van der Waals surface area contributed by atoms with E-state index in [9.17, 15) is 5.11 Å². The first-order chi connectivity index (χ1) is 7.94. The maximum Gasteiger partial charge on any atom is 0.0672 e. The lowest BCUT2D eigenvalue weighted by molar-refractivity contribution is 0.0517. The van der Waals surface area contributed by atoms with Gasteiger partial charge in [-0.15, -0.1) is 0 Å². The van der Waals surface area contributed by atoms with Crippen molar-refractivity contribution in [3.8, 4) is 0 Å². The van der Waals surface area contributed by atoms with Gasteiger partial charge in [-0.3, -0.25) is 0 Å². The van der Waals surface area contributed by atoms with Crippen molar-refractivity contribution in [2.45, 2.75) is 32.3 Å². The maximum atomic E-state index is 10.3. The summed E-state index contributed by atoms with van der Waals surface area (Å²) in [6, 6.07) is 5.33. The minimum absolute atomic E-state index is 0.512. The summed E-state index contributed by atoms with van der Waals surface area (Å²) in [5.74, 6) is 0. The predicted molar refractivity (Wildman–Crippen MR) is 74.0 cm³/mol. The highest BCUT2D eigenvalue weighted by Gasteiger charge is 2.21. The van der Waals surface area contributed by atoms with Crippen molar-refractivity contribution in [2.24, 2.45) is 0 Å². The summed E-state index contributed by atoms with van der Waals surface area (Å²) in [6.45, 7) is 5.57. The fourth-order valence-electron chi connectivity index (χ4n) is 1.71. The van der Waals surface area contributed by atoms with Crippen LogP contribution in [0.15, 0.2) is 18.2 Å². The van der Waals surface area contributed by atoms with Crippen molar-refractivity contribution < 1.29 is 5.11 Å². The molecule has 1 aromatic rings. The molecule has 0 spiro atoms. The fourth-order valence-corrected chi connectivity index (χ4v) is 2.09. The van der Waals surface area contributed by atoms with Gasteiger partial charge >= 0.3 is 0 Å². The molecule has 0 aliphatic heterocycles. The molecular weight excluding hydrogens is 257 g/mol. The quantitative estimate of drug-likeness (QED) is 0.781. The molecule has 96 valence electrons. The Bertz CT molecular complexity index is 366. The first-order valence-electron chi connectivity index (χ1n) is 5.81. The molecule has 4 heteroatoms. The van der Waals surface area contributed by atoms with Gasteiger partial charge in [0.05, 0.1) is 5.60 Å². The van der Waals surface area contributed by atoms with E-state index in [1.54, 1.807) is 12.1 Å². The summed E-state index contributed by atoms with van der Waals surface area (Å²) in [7, 11) is 0. The second kappa shape index (κ2) is 6.60. The van der Waals surface area contributed by atoms with Crippen LogP contribution in [-0.4, -0.2) is 23.8 Å². The molecule has 0 bridgehead atoms. The van der Waals surface area contributed by atoms with Crippen LogP contribution < -0.4 is 5.32 Å². The Labute approximate surface area is 113 Å². The number of halogens is 2. The van der Waals surface area contributed by atoms with Crippen LogP contribution in [0.1, 0.15) is 25.8 Å². The van der Waals surface area contributed by atoms with E-state index in [1.807, 2.05) is 19.9 Å². The molecule has 2 nitrogen and oxygen atoms in total. The highest BCUT2D eigenvalue weighted by molar-refractivity contribution is 6.33. The molecule has 0 heterocycles. The van der Waals surface area contributed by atoms with Crippen LogP contribution in [0.3, 0.4) is 0 Å². The largest absolute Gasteiger partial charge is 0.390 e. The summed E-state index contributed by atoms with van der Waals surface area (Å²) in [4.78, 5) is 0. The summed E-state index contributed by atoms with van der Waals surface area (Å²) >= 11 is 12.0. The zero-order valence-electron chi connectivity index (χ0n) is 10.3. The normalized spacial score (nSPS) is 14.6. The fraction of sp³-hybridized carbons (Fsp3) is 0.538. The molecule has 1 rings (SSSR count). The third kappa shape index (κ3) is 5.26. The van der Waals surface area contributed by atoms with E-state index in [0.717, 1.165) is 18.7 Å². The molecule has 2 N–H and O–H groups in total. The van der Waals surface area contributed by atoms with Crippen molar-refractivity contribution in [3.05, 3.63) is 33.8 Å². The van der Waals surface area contributed by atoms with Gasteiger partial charge in [-0.2, -0.15) is 0 Å². The Hall–Kier alpha value is -0.280. The van der Waals surface area contributed by atoms with Crippen LogP contribution >= 0.6 is 23.2 Å². The number of aliphatic hydroxyl groups is 1. The summed E-state index contributed by atoms with van der Waals surface area (Å²) in [5.41, 5.74) is 0.122. The minimum atomic E-state index is -0.767. The standard InChI is InChI=1S/C13H19Cl2NO/c1-3-16-7-6-13(2,17)9-10-8-11(14)4-5-12(10)15/h4-5,8,16-17H,3,6-7,9H2,1-2H3. The van der Waals surface area contributed by atoms with Crippen LogP contribution in [0.4, 0.5) is 0 Å². The third-order valence-corrected chi connectivity index (χ3v) is 3.27. The third-order valence-electron chi connectivity index (χ3n) is 2.67. The van der Waals surface area contributed by atoms with Gasteiger partial charge < -0.3 is 10.4 Å². The van der Waals surface area contributed by atoms with Gasteiger partial charge in [0.25, 0.3) is 0 Å². The second-order valence-corrected chi connectivity index (χ2v) is 5.36. The van der Waals surface area contributed by atoms with Crippen LogP contribution in [0, 0.1) is 0 Å². The van der Waals surface area contributed by atoms with Crippen molar-refractivity contribution in [3.63, 3.8) is 0 Å². The van der Waals surface area contributed by atoms with Gasteiger partial charge in [0.15, 0.2) is 0 Å². The zero-order chi connectivity index (χ0) is 12.9. The van der Waals surface area contributed by atoms with Crippen molar-refractivity contribution in [1.29, 1.82) is 0 Å². The van der Waals surface area contributed by atoms with Crippen LogP contribution in [0.25, 0.3) is 0 Å². The second-order valence-electron chi connectivity index (χ2n) is 4.51. The van der Waals surface area contributed by atoms with Crippen LogP contribution in [-0.2, 0) is 6.42 Å². The maximum absolute atomic E-state index is 10.3. The average Bonchev–Trinajstić information content (AvgIpc) is 2.23. The van der Waals surface area contributed by atoms with Gasteiger partial charge in [-0.1, -0.05) is 30.1 Å². The van der Waals surface area contributed by atoms with Gasteiger partial charge in [0.1, 0.15) is 0 Å². The summed E-state index contributed by atoms with van der Waals surface area (Å²) < 4.78 is 0. The molecule has 0 saturated carbocycles. The first kappa shape index (κ1) is 14.8. The SMILES string of the molecule is CCNCCC(C)(O)Cc1cc(Cl)ccc1Cl. The van der Waals surface area contributed by atoms with Gasteiger partial charge in [0.2, 0.25) is 0 Å². The summed E-state index contributed by atoms with van der Waals surface area (Å²) in [5, 5.41) is 14.8.